The molecule has 1 N–H and O–H groups in total. The third kappa shape index (κ3) is 0.788. The summed E-state index contributed by atoms with van der Waals surface area (Å²) in [7, 11) is 0. The van der Waals surface area contributed by atoms with Gasteiger partial charge in [-0.05, 0) is 6.08 Å². The normalized spacial score (nSPS) is 25.2. The topological polar surface area (TPSA) is 55.8 Å². The predicted octanol–water partition coefficient (Wildman–Crippen LogP) is -0.0849. The highest BCUT2D eigenvalue weighted by molar-refractivity contribution is 5.74. The maximum absolute atomic E-state index is 9.95. The van der Waals surface area contributed by atoms with Gasteiger partial charge in [0, 0.05) is 0 Å². The van der Waals surface area contributed by atoms with Crippen LogP contribution < -0.4 is 0 Å². The molecular weight excluding hydrogens is 112 g/mol. The molecule has 0 radical (unpaired) electrons. The van der Waals surface area contributed by atoms with Crippen LogP contribution in [-0.4, -0.2) is 17.2 Å². The highest BCUT2D eigenvalue weighted by atomic mass is 17.2. The summed E-state index contributed by atoms with van der Waals surface area (Å²) in [6, 6.07) is 0. The highest BCUT2D eigenvalue weighted by Crippen LogP contribution is 2.03. The molecule has 1 atom stereocenters. The van der Waals surface area contributed by atoms with Crippen molar-refractivity contribution in [1.29, 1.82) is 0 Å². The fourth-order valence-electron chi connectivity index (χ4n) is 0.351. The Morgan fingerprint density at radius 3 is 2.75 bits per heavy atom. The summed E-state index contributed by atoms with van der Waals surface area (Å²) >= 11 is 0. The minimum absolute atomic E-state index is 0.921. The first-order chi connectivity index (χ1) is 3.80. The number of hydrogen-bond acceptors (Lipinski definition) is 3. The molecule has 4 nitrogen and oxygen atoms in total. The van der Waals surface area contributed by atoms with E-state index in [1.165, 1.54) is 12.3 Å². The van der Waals surface area contributed by atoms with E-state index in [0.717, 1.165) is 0 Å². The van der Waals surface area contributed by atoms with Crippen molar-refractivity contribution in [1.82, 2.24) is 0 Å². The lowest BCUT2D eigenvalue weighted by atomic mass is 10.4. The minimum atomic E-state index is -1.04. The Hall–Kier alpha value is -1.03. The van der Waals surface area contributed by atoms with Crippen LogP contribution in [0.1, 0.15) is 0 Å². The van der Waals surface area contributed by atoms with Crippen molar-refractivity contribution in [2.45, 2.75) is 6.10 Å². The van der Waals surface area contributed by atoms with E-state index in [-0.39, 0.29) is 0 Å². The number of hydrogen-bond donors (Lipinski definition) is 1. The quantitative estimate of drug-likeness (QED) is 0.486. The third-order valence-corrected chi connectivity index (χ3v) is 0.712. The second-order valence-electron chi connectivity index (χ2n) is 1.28. The van der Waals surface area contributed by atoms with Gasteiger partial charge in [-0.15, -0.1) is 0 Å². The lowest BCUT2D eigenvalue weighted by molar-refractivity contribution is -0.252. The van der Waals surface area contributed by atoms with Gasteiger partial charge in [0.25, 0.3) is 0 Å². The van der Waals surface area contributed by atoms with Crippen molar-refractivity contribution in [3.05, 3.63) is 12.3 Å². The van der Waals surface area contributed by atoms with Gasteiger partial charge < -0.3 is 9.99 Å². The molecule has 0 aliphatic carbocycles. The molecule has 44 valence electrons. The summed E-state index contributed by atoms with van der Waals surface area (Å²) in [5.41, 5.74) is 0. The minimum Gasteiger partial charge on any atom is -0.479 e. The summed E-state index contributed by atoms with van der Waals surface area (Å²) in [5.74, 6) is -1.04. The van der Waals surface area contributed by atoms with E-state index in [0.29, 0.717) is 0 Å². The van der Waals surface area contributed by atoms with Gasteiger partial charge in [-0.1, -0.05) is 0 Å². The molecule has 0 aromatic carbocycles. The molecule has 0 fully saturated rings. The largest absolute Gasteiger partial charge is 0.479 e. The maximum Gasteiger partial charge on any atom is 0.341 e. The molecule has 0 saturated carbocycles. The molecule has 1 rings (SSSR count). The summed E-state index contributed by atoms with van der Waals surface area (Å²) in [4.78, 5) is 18.3. The highest BCUT2D eigenvalue weighted by Gasteiger charge is 2.19. The molecule has 1 aliphatic heterocycles. The van der Waals surface area contributed by atoms with Crippen LogP contribution in [0.3, 0.4) is 0 Å². The Labute approximate surface area is 45.3 Å². The molecule has 0 amide bonds. The molecule has 0 spiro atoms. The van der Waals surface area contributed by atoms with E-state index >= 15 is 0 Å². The Kier molecular flexibility index (Phi) is 1.17. The van der Waals surface area contributed by atoms with E-state index < -0.39 is 12.1 Å². The van der Waals surface area contributed by atoms with Crippen molar-refractivity contribution in [3.8, 4) is 0 Å². The van der Waals surface area contributed by atoms with Crippen LogP contribution in [-0.2, 0) is 14.6 Å². The van der Waals surface area contributed by atoms with Crippen molar-refractivity contribution in [3.63, 3.8) is 0 Å². The summed E-state index contributed by atoms with van der Waals surface area (Å²) in [5, 5.41) is 8.16. The molecular formula is C4H4O4. The lowest BCUT2D eigenvalue weighted by Crippen LogP contribution is -2.16. The predicted molar refractivity (Wildman–Crippen MR) is 22.7 cm³/mol. The Morgan fingerprint density at radius 1 is 1.75 bits per heavy atom. The van der Waals surface area contributed by atoms with Crippen molar-refractivity contribution in [2.75, 3.05) is 0 Å². The van der Waals surface area contributed by atoms with Crippen molar-refractivity contribution < 1.29 is 19.7 Å². The zero-order valence-electron chi connectivity index (χ0n) is 3.90. The molecule has 1 heterocycles. The Bertz CT molecular complexity index is 128. The second kappa shape index (κ2) is 1.83. The average molecular weight is 116 g/mol. The van der Waals surface area contributed by atoms with Crippen LogP contribution in [0.15, 0.2) is 12.3 Å². The zero-order valence-corrected chi connectivity index (χ0v) is 3.90. The Morgan fingerprint density at radius 2 is 2.50 bits per heavy atom. The summed E-state index contributed by atoms with van der Waals surface area (Å²) < 4.78 is 0. The number of carboxylic acid groups (broad SMARTS) is 1. The number of carboxylic acids is 1. The summed E-state index contributed by atoms with van der Waals surface area (Å²) in [6.45, 7) is 0. The first-order valence-electron chi connectivity index (χ1n) is 2.02. The molecule has 1 aliphatic rings. The first-order valence-corrected chi connectivity index (χ1v) is 2.02. The van der Waals surface area contributed by atoms with Gasteiger partial charge in [0.1, 0.15) is 6.26 Å². The van der Waals surface area contributed by atoms with E-state index in [4.69, 9.17) is 5.11 Å². The van der Waals surface area contributed by atoms with Crippen LogP contribution in [0.25, 0.3) is 0 Å². The number of carbonyl (C=O) groups is 1. The van der Waals surface area contributed by atoms with Crippen LogP contribution in [0.4, 0.5) is 0 Å². The molecule has 0 bridgehead atoms. The fourth-order valence-corrected chi connectivity index (χ4v) is 0.351. The molecule has 1 unspecified atom stereocenters. The average Bonchev–Trinajstić information content (AvgIpc) is 2.12. The smallest absolute Gasteiger partial charge is 0.341 e. The van der Waals surface area contributed by atoms with Gasteiger partial charge in [0.15, 0.2) is 0 Å². The third-order valence-electron chi connectivity index (χ3n) is 0.712. The number of aliphatic carboxylic acids is 1. The van der Waals surface area contributed by atoms with E-state index in [1.807, 2.05) is 0 Å². The molecule has 0 aromatic rings. The number of rotatable bonds is 1. The monoisotopic (exact) mass is 116 g/mol. The van der Waals surface area contributed by atoms with Crippen LogP contribution >= 0.6 is 0 Å². The molecule has 8 heavy (non-hydrogen) atoms. The standard InChI is InChI=1S/C4H4O4/c5-4(6)3-1-2-7-8-3/h1-3H,(H,5,6). The molecule has 0 aromatic heterocycles. The molecule has 4 heteroatoms. The van der Waals surface area contributed by atoms with E-state index in [2.05, 4.69) is 9.78 Å². The van der Waals surface area contributed by atoms with Gasteiger partial charge in [0.2, 0.25) is 6.10 Å². The Balaban J connectivity index is 2.48. The van der Waals surface area contributed by atoms with Crippen LogP contribution in [0.2, 0.25) is 0 Å². The first kappa shape index (κ1) is 5.11. The van der Waals surface area contributed by atoms with Gasteiger partial charge in [-0.25, -0.2) is 4.79 Å². The van der Waals surface area contributed by atoms with Crippen molar-refractivity contribution >= 4 is 5.97 Å². The van der Waals surface area contributed by atoms with Gasteiger partial charge in [0.05, 0.1) is 0 Å². The fraction of sp³-hybridized carbons (Fsp3) is 0.250. The second-order valence-corrected chi connectivity index (χ2v) is 1.28. The zero-order chi connectivity index (χ0) is 5.98. The van der Waals surface area contributed by atoms with Crippen LogP contribution in [0.5, 0.6) is 0 Å². The summed E-state index contributed by atoms with van der Waals surface area (Å²) in [6.07, 6.45) is 1.58. The van der Waals surface area contributed by atoms with Gasteiger partial charge >= 0.3 is 5.97 Å². The SMILES string of the molecule is O=C(O)C1C=COO1. The van der Waals surface area contributed by atoms with E-state index in [9.17, 15) is 4.79 Å². The van der Waals surface area contributed by atoms with Gasteiger partial charge in [-0.2, -0.15) is 4.89 Å². The lowest BCUT2D eigenvalue weighted by Gasteiger charge is -1.95. The van der Waals surface area contributed by atoms with Gasteiger partial charge in [-0.3, -0.25) is 0 Å². The molecule has 0 saturated heterocycles. The van der Waals surface area contributed by atoms with E-state index in [1.54, 1.807) is 0 Å². The maximum atomic E-state index is 9.95. The van der Waals surface area contributed by atoms with Crippen molar-refractivity contribution in [2.24, 2.45) is 0 Å². The van der Waals surface area contributed by atoms with Crippen LogP contribution in [0, 0.1) is 0 Å².